The Morgan fingerprint density at radius 3 is 2.40 bits per heavy atom. The first-order valence-electron chi connectivity index (χ1n) is 6.52. The first-order valence-corrected chi connectivity index (χ1v) is 6.52. The molecule has 4 aromatic rings. The Kier molecular flexibility index (Phi) is 2.46. The van der Waals surface area contributed by atoms with Crippen molar-refractivity contribution in [3.8, 4) is 11.1 Å². The number of hydrogen-bond acceptors (Lipinski definition) is 2. The molecule has 0 atom stereocenters. The lowest BCUT2D eigenvalue weighted by molar-refractivity contribution is 1.37. The van der Waals surface area contributed by atoms with Crippen molar-refractivity contribution < 1.29 is 0 Å². The van der Waals surface area contributed by atoms with Crippen LogP contribution in [0.15, 0.2) is 67.0 Å². The highest BCUT2D eigenvalue weighted by atomic mass is 14.7. The molecule has 2 heterocycles. The summed E-state index contributed by atoms with van der Waals surface area (Å²) < 4.78 is 0. The minimum atomic E-state index is 0.952. The SMILES string of the molecule is [c]1ccc(-c2cc3cccnc3c3ncccc23)cc1. The summed E-state index contributed by atoms with van der Waals surface area (Å²) in [4.78, 5) is 9.00. The highest BCUT2D eigenvalue weighted by molar-refractivity contribution is 6.09. The molecule has 0 saturated heterocycles. The van der Waals surface area contributed by atoms with Gasteiger partial charge in [-0.3, -0.25) is 9.97 Å². The summed E-state index contributed by atoms with van der Waals surface area (Å²) in [5.74, 6) is 0. The molecule has 2 heteroatoms. The van der Waals surface area contributed by atoms with E-state index in [-0.39, 0.29) is 0 Å². The maximum absolute atomic E-state index is 4.53. The molecule has 0 spiro atoms. The zero-order chi connectivity index (χ0) is 13.4. The maximum atomic E-state index is 4.53. The number of benzene rings is 2. The van der Waals surface area contributed by atoms with E-state index in [1.807, 2.05) is 36.7 Å². The van der Waals surface area contributed by atoms with E-state index in [9.17, 15) is 0 Å². The second kappa shape index (κ2) is 4.42. The highest BCUT2D eigenvalue weighted by Crippen LogP contribution is 2.32. The summed E-state index contributed by atoms with van der Waals surface area (Å²) in [6.07, 6.45) is 3.63. The van der Waals surface area contributed by atoms with Crippen LogP contribution in [0.3, 0.4) is 0 Å². The fourth-order valence-electron chi connectivity index (χ4n) is 2.58. The van der Waals surface area contributed by atoms with Crippen LogP contribution < -0.4 is 0 Å². The summed E-state index contributed by atoms with van der Waals surface area (Å²) in [6, 6.07) is 21.4. The van der Waals surface area contributed by atoms with Gasteiger partial charge >= 0.3 is 0 Å². The van der Waals surface area contributed by atoms with E-state index in [1.54, 1.807) is 0 Å². The van der Waals surface area contributed by atoms with E-state index in [4.69, 9.17) is 0 Å². The molecular formula is C18H11N2. The minimum absolute atomic E-state index is 0.952. The van der Waals surface area contributed by atoms with Crippen LogP contribution in [0, 0.1) is 6.07 Å². The molecule has 2 aromatic carbocycles. The van der Waals surface area contributed by atoms with Gasteiger partial charge in [0.1, 0.15) is 0 Å². The van der Waals surface area contributed by atoms with Crippen molar-refractivity contribution in [2.75, 3.05) is 0 Å². The van der Waals surface area contributed by atoms with Gasteiger partial charge < -0.3 is 0 Å². The third-order valence-electron chi connectivity index (χ3n) is 3.49. The van der Waals surface area contributed by atoms with Crippen molar-refractivity contribution in [3.05, 3.63) is 73.1 Å². The van der Waals surface area contributed by atoms with Gasteiger partial charge in [0.15, 0.2) is 0 Å². The molecule has 0 bridgehead atoms. The van der Waals surface area contributed by atoms with Crippen molar-refractivity contribution in [1.82, 2.24) is 9.97 Å². The van der Waals surface area contributed by atoms with Crippen LogP contribution in [0.5, 0.6) is 0 Å². The summed E-state index contributed by atoms with van der Waals surface area (Å²) in [7, 11) is 0. The molecule has 0 unspecified atom stereocenters. The van der Waals surface area contributed by atoms with Crippen molar-refractivity contribution in [2.24, 2.45) is 0 Å². The van der Waals surface area contributed by atoms with Crippen LogP contribution in [0.2, 0.25) is 0 Å². The number of pyridine rings is 2. The average molecular weight is 255 g/mol. The first-order chi connectivity index (χ1) is 9.93. The van der Waals surface area contributed by atoms with Crippen molar-refractivity contribution in [1.29, 1.82) is 0 Å². The summed E-state index contributed by atoms with van der Waals surface area (Å²) in [6.45, 7) is 0. The number of nitrogens with zero attached hydrogens (tertiary/aromatic N) is 2. The fourth-order valence-corrected chi connectivity index (χ4v) is 2.58. The number of rotatable bonds is 1. The number of hydrogen-bond donors (Lipinski definition) is 0. The van der Waals surface area contributed by atoms with Crippen LogP contribution in [0.4, 0.5) is 0 Å². The van der Waals surface area contributed by atoms with Crippen LogP contribution in [-0.4, -0.2) is 9.97 Å². The molecule has 2 nitrogen and oxygen atoms in total. The number of fused-ring (bicyclic) bond motifs is 3. The molecule has 0 aliphatic rings. The monoisotopic (exact) mass is 255 g/mol. The Hall–Kier alpha value is -2.74. The predicted octanol–water partition coefficient (Wildman–Crippen LogP) is 4.25. The molecule has 2 aromatic heterocycles. The topological polar surface area (TPSA) is 25.8 Å². The largest absolute Gasteiger partial charge is 0.254 e. The fraction of sp³-hybridized carbons (Fsp3) is 0. The van der Waals surface area contributed by atoms with Crippen LogP contribution in [-0.2, 0) is 0 Å². The molecule has 0 saturated carbocycles. The normalized spacial score (nSPS) is 11.0. The Bertz CT molecular complexity index is 899. The van der Waals surface area contributed by atoms with Gasteiger partial charge in [-0.25, -0.2) is 0 Å². The number of aromatic nitrogens is 2. The highest BCUT2D eigenvalue weighted by Gasteiger charge is 2.09. The van der Waals surface area contributed by atoms with Crippen molar-refractivity contribution in [2.45, 2.75) is 0 Å². The van der Waals surface area contributed by atoms with Gasteiger partial charge in [0.2, 0.25) is 0 Å². The lowest BCUT2D eigenvalue weighted by atomic mass is 9.98. The third-order valence-corrected chi connectivity index (χ3v) is 3.49. The lowest BCUT2D eigenvalue weighted by Crippen LogP contribution is -1.88. The Morgan fingerprint density at radius 2 is 1.55 bits per heavy atom. The van der Waals surface area contributed by atoms with Gasteiger partial charge in [-0.15, -0.1) is 0 Å². The third kappa shape index (κ3) is 1.66. The molecule has 1 radical (unpaired) electrons. The summed E-state index contributed by atoms with van der Waals surface area (Å²) in [5.41, 5.74) is 4.26. The standard InChI is InChI=1S/C18H11N2/c1-2-6-13(7-3-1)16-12-14-8-4-10-19-17(14)18-15(16)9-5-11-20-18/h2-12H. The quantitative estimate of drug-likeness (QED) is 0.475. The average Bonchev–Trinajstić information content (AvgIpc) is 2.55. The molecule has 20 heavy (non-hydrogen) atoms. The Morgan fingerprint density at radius 1 is 0.800 bits per heavy atom. The van der Waals surface area contributed by atoms with E-state index < -0.39 is 0 Å². The smallest absolute Gasteiger partial charge is 0.0970 e. The van der Waals surface area contributed by atoms with Crippen LogP contribution >= 0.6 is 0 Å². The second-order valence-electron chi connectivity index (χ2n) is 4.69. The van der Waals surface area contributed by atoms with Gasteiger partial charge in [-0.05, 0) is 35.4 Å². The summed E-state index contributed by atoms with van der Waals surface area (Å²) >= 11 is 0. The zero-order valence-corrected chi connectivity index (χ0v) is 10.7. The lowest BCUT2D eigenvalue weighted by Gasteiger charge is -2.09. The van der Waals surface area contributed by atoms with Gasteiger partial charge in [0.05, 0.1) is 11.0 Å². The van der Waals surface area contributed by atoms with Gasteiger partial charge in [0, 0.05) is 23.2 Å². The zero-order valence-electron chi connectivity index (χ0n) is 10.7. The Balaban J connectivity index is 2.19. The van der Waals surface area contributed by atoms with Crippen molar-refractivity contribution >= 4 is 21.8 Å². The van der Waals surface area contributed by atoms with Gasteiger partial charge in [-0.1, -0.05) is 36.4 Å². The molecule has 0 aliphatic carbocycles. The first kappa shape index (κ1) is 11.1. The van der Waals surface area contributed by atoms with Crippen molar-refractivity contribution in [3.63, 3.8) is 0 Å². The molecular weight excluding hydrogens is 244 g/mol. The van der Waals surface area contributed by atoms with Gasteiger partial charge in [0.25, 0.3) is 0 Å². The summed E-state index contributed by atoms with van der Waals surface area (Å²) in [5, 5.41) is 2.24. The van der Waals surface area contributed by atoms with E-state index in [1.165, 1.54) is 11.1 Å². The van der Waals surface area contributed by atoms with Crippen LogP contribution in [0.1, 0.15) is 0 Å². The maximum Gasteiger partial charge on any atom is 0.0970 e. The molecule has 0 fully saturated rings. The molecule has 0 aliphatic heterocycles. The molecule has 0 N–H and O–H groups in total. The van der Waals surface area contributed by atoms with Crippen LogP contribution in [0.25, 0.3) is 32.9 Å². The van der Waals surface area contributed by atoms with E-state index in [0.717, 1.165) is 21.8 Å². The van der Waals surface area contributed by atoms with E-state index >= 15 is 0 Å². The second-order valence-corrected chi connectivity index (χ2v) is 4.69. The molecule has 4 rings (SSSR count). The Labute approximate surface area is 116 Å². The van der Waals surface area contributed by atoms with E-state index in [0.29, 0.717) is 0 Å². The van der Waals surface area contributed by atoms with Gasteiger partial charge in [-0.2, -0.15) is 0 Å². The predicted molar refractivity (Wildman–Crippen MR) is 81.3 cm³/mol. The minimum Gasteiger partial charge on any atom is -0.254 e. The molecule has 93 valence electrons. The van der Waals surface area contributed by atoms with E-state index in [2.05, 4.69) is 46.4 Å². The molecule has 0 amide bonds.